The van der Waals surface area contributed by atoms with E-state index in [0.29, 0.717) is 26.2 Å². The Labute approximate surface area is 144 Å². The Morgan fingerprint density at radius 2 is 1.68 bits per heavy atom. The molecule has 1 aliphatic heterocycles. The minimum absolute atomic E-state index is 0.132. The third kappa shape index (κ3) is 3.67. The normalized spacial score (nSPS) is 16.3. The van der Waals surface area contributed by atoms with Crippen LogP contribution >= 0.6 is 0 Å². The number of halogens is 2. The van der Waals surface area contributed by atoms with Gasteiger partial charge in [-0.1, -0.05) is 30.3 Å². The fraction of sp³-hybridized carbons (Fsp3) is 0.263. The predicted octanol–water partition coefficient (Wildman–Crippen LogP) is 2.99. The van der Waals surface area contributed by atoms with Crippen molar-refractivity contribution in [3.63, 3.8) is 0 Å². The average molecular weight is 341 g/mol. The first kappa shape index (κ1) is 17.1. The Morgan fingerprint density at radius 3 is 2.28 bits per heavy atom. The Hall–Kier alpha value is -2.78. The van der Waals surface area contributed by atoms with E-state index < -0.39 is 11.6 Å². The molecule has 1 heterocycles. The summed E-state index contributed by atoms with van der Waals surface area (Å²) < 4.78 is 26.3. The van der Waals surface area contributed by atoms with E-state index in [1.807, 2.05) is 35.2 Å². The van der Waals surface area contributed by atoms with Crippen molar-refractivity contribution in [3.05, 3.63) is 71.3 Å². The molecule has 6 heteroatoms. The first-order chi connectivity index (χ1) is 12.1. The number of hydrogen-bond donors (Lipinski definition) is 0. The summed E-state index contributed by atoms with van der Waals surface area (Å²) in [5, 5.41) is 9.49. The van der Waals surface area contributed by atoms with Crippen molar-refractivity contribution in [3.8, 4) is 6.07 Å². The Morgan fingerprint density at radius 1 is 1.00 bits per heavy atom. The number of piperazine rings is 1. The summed E-state index contributed by atoms with van der Waals surface area (Å²) in [4.78, 5) is 16.1. The Balaban J connectivity index is 1.66. The molecule has 128 valence electrons. The van der Waals surface area contributed by atoms with Gasteiger partial charge >= 0.3 is 0 Å². The lowest BCUT2D eigenvalue weighted by Crippen LogP contribution is -2.49. The van der Waals surface area contributed by atoms with Crippen molar-refractivity contribution in [2.75, 3.05) is 26.2 Å². The van der Waals surface area contributed by atoms with Crippen LogP contribution in [0.1, 0.15) is 22.0 Å². The second-order valence-corrected chi connectivity index (χ2v) is 5.90. The van der Waals surface area contributed by atoms with Crippen LogP contribution in [0.3, 0.4) is 0 Å². The number of rotatable bonds is 3. The van der Waals surface area contributed by atoms with Gasteiger partial charge < -0.3 is 4.90 Å². The standard InChI is InChI=1S/C19H17F2N3O/c20-16-7-6-15(12-17(16)21)19(25)24-10-8-23(9-11-24)18(13-22)14-4-2-1-3-5-14/h1-7,12,18H,8-11H2/t18-/m0/s1. The van der Waals surface area contributed by atoms with Crippen LogP contribution in [-0.2, 0) is 0 Å². The van der Waals surface area contributed by atoms with E-state index in [1.165, 1.54) is 6.07 Å². The quantitative estimate of drug-likeness (QED) is 0.862. The van der Waals surface area contributed by atoms with Gasteiger partial charge in [-0.05, 0) is 23.8 Å². The van der Waals surface area contributed by atoms with Crippen LogP contribution in [0.15, 0.2) is 48.5 Å². The smallest absolute Gasteiger partial charge is 0.254 e. The molecule has 0 spiro atoms. The number of carbonyl (C=O) groups is 1. The molecule has 2 aromatic carbocycles. The molecule has 4 nitrogen and oxygen atoms in total. The van der Waals surface area contributed by atoms with Gasteiger partial charge in [-0.25, -0.2) is 8.78 Å². The van der Waals surface area contributed by atoms with Crippen LogP contribution in [0, 0.1) is 23.0 Å². The lowest BCUT2D eigenvalue weighted by Gasteiger charge is -2.37. The molecular weight excluding hydrogens is 324 g/mol. The molecule has 3 rings (SSSR count). The number of carbonyl (C=O) groups excluding carboxylic acids is 1. The van der Waals surface area contributed by atoms with Gasteiger partial charge in [-0.3, -0.25) is 9.69 Å². The summed E-state index contributed by atoms with van der Waals surface area (Å²) in [7, 11) is 0. The van der Waals surface area contributed by atoms with Crippen LogP contribution in [0.2, 0.25) is 0 Å². The van der Waals surface area contributed by atoms with Crippen molar-refractivity contribution in [1.29, 1.82) is 5.26 Å². The maximum atomic E-state index is 13.3. The van der Waals surface area contributed by atoms with Crippen molar-refractivity contribution in [2.45, 2.75) is 6.04 Å². The maximum Gasteiger partial charge on any atom is 0.254 e. The van der Waals surface area contributed by atoms with E-state index >= 15 is 0 Å². The van der Waals surface area contributed by atoms with Crippen molar-refractivity contribution in [2.24, 2.45) is 0 Å². The van der Waals surface area contributed by atoms with Gasteiger partial charge in [0.2, 0.25) is 0 Å². The molecule has 0 radical (unpaired) electrons. The zero-order valence-corrected chi connectivity index (χ0v) is 13.5. The largest absolute Gasteiger partial charge is 0.336 e. The van der Waals surface area contributed by atoms with Gasteiger partial charge in [0.05, 0.1) is 6.07 Å². The van der Waals surface area contributed by atoms with Crippen LogP contribution in [0.5, 0.6) is 0 Å². The van der Waals surface area contributed by atoms with Crippen LogP contribution in [-0.4, -0.2) is 41.9 Å². The molecule has 0 N–H and O–H groups in total. The number of benzene rings is 2. The lowest BCUT2D eigenvalue weighted by molar-refractivity contribution is 0.0606. The second kappa shape index (κ2) is 7.41. The molecular formula is C19H17F2N3O. The molecule has 1 aliphatic rings. The lowest BCUT2D eigenvalue weighted by atomic mass is 10.1. The van der Waals surface area contributed by atoms with Crippen LogP contribution in [0.4, 0.5) is 8.78 Å². The topological polar surface area (TPSA) is 47.3 Å². The summed E-state index contributed by atoms with van der Waals surface area (Å²) in [5.41, 5.74) is 1.05. The highest BCUT2D eigenvalue weighted by atomic mass is 19.2. The number of amides is 1. The van der Waals surface area contributed by atoms with Crippen LogP contribution in [0.25, 0.3) is 0 Å². The van der Waals surface area contributed by atoms with Gasteiger partial charge in [-0.15, -0.1) is 0 Å². The van der Waals surface area contributed by atoms with E-state index in [-0.39, 0.29) is 17.5 Å². The number of nitrogens with zero attached hydrogens (tertiary/aromatic N) is 3. The first-order valence-electron chi connectivity index (χ1n) is 8.03. The maximum absolute atomic E-state index is 13.3. The molecule has 0 bridgehead atoms. The van der Waals surface area contributed by atoms with Crippen molar-refractivity contribution in [1.82, 2.24) is 9.80 Å². The highest BCUT2D eigenvalue weighted by Gasteiger charge is 2.27. The highest BCUT2D eigenvalue weighted by Crippen LogP contribution is 2.22. The monoisotopic (exact) mass is 341 g/mol. The summed E-state index contributed by atoms with van der Waals surface area (Å²) in [5.74, 6) is -2.33. The molecule has 0 aliphatic carbocycles. The number of hydrogen-bond acceptors (Lipinski definition) is 3. The predicted molar refractivity (Wildman–Crippen MR) is 88.6 cm³/mol. The van der Waals surface area contributed by atoms with Gasteiger partial charge in [0, 0.05) is 31.7 Å². The second-order valence-electron chi connectivity index (χ2n) is 5.90. The van der Waals surface area contributed by atoms with E-state index in [9.17, 15) is 18.8 Å². The molecule has 1 amide bonds. The van der Waals surface area contributed by atoms with Gasteiger partial charge in [0.15, 0.2) is 11.6 Å². The third-order valence-corrected chi connectivity index (χ3v) is 4.37. The van der Waals surface area contributed by atoms with E-state index in [2.05, 4.69) is 6.07 Å². The summed E-state index contributed by atoms with van der Waals surface area (Å²) >= 11 is 0. The molecule has 2 aromatic rings. The van der Waals surface area contributed by atoms with Gasteiger partial charge in [0.1, 0.15) is 6.04 Å². The summed E-state index contributed by atoms with van der Waals surface area (Å²) in [6, 6.07) is 14.6. The molecule has 1 saturated heterocycles. The first-order valence-corrected chi connectivity index (χ1v) is 8.03. The summed E-state index contributed by atoms with van der Waals surface area (Å²) in [6.07, 6.45) is 0. The molecule has 1 fully saturated rings. The minimum atomic E-state index is -1.03. The van der Waals surface area contributed by atoms with Crippen molar-refractivity contribution >= 4 is 5.91 Å². The van der Waals surface area contributed by atoms with Crippen molar-refractivity contribution < 1.29 is 13.6 Å². The third-order valence-electron chi connectivity index (χ3n) is 4.37. The molecule has 25 heavy (non-hydrogen) atoms. The minimum Gasteiger partial charge on any atom is -0.336 e. The molecule has 0 saturated carbocycles. The van der Waals surface area contributed by atoms with Crippen LogP contribution < -0.4 is 0 Å². The highest BCUT2D eigenvalue weighted by molar-refractivity contribution is 5.94. The summed E-state index contributed by atoms with van der Waals surface area (Å²) in [6.45, 7) is 1.96. The average Bonchev–Trinajstić information content (AvgIpc) is 2.65. The zero-order valence-electron chi connectivity index (χ0n) is 13.5. The van der Waals surface area contributed by atoms with E-state index in [4.69, 9.17) is 0 Å². The zero-order chi connectivity index (χ0) is 17.8. The Kier molecular flexibility index (Phi) is 5.05. The van der Waals surface area contributed by atoms with E-state index in [0.717, 1.165) is 17.7 Å². The van der Waals surface area contributed by atoms with Gasteiger partial charge in [-0.2, -0.15) is 5.26 Å². The SMILES string of the molecule is N#C[C@@H](c1ccccc1)N1CCN(C(=O)c2ccc(F)c(F)c2)CC1. The Bertz CT molecular complexity index is 796. The van der Waals surface area contributed by atoms with E-state index in [1.54, 1.807) is 4.90 Å². The number of nitriles is 1. The fourth-order valence-electron chi connectivity index (χ4n) is 3.00. The molecule has 0 unspecified atom stereocenters. The van der Waals surface area contributed by atoms with Gasteiger partial charge in [0.25, 0.3) is 5.91 Å². The fourth-order valence-corrected chi connectivity index (χ4v) is 3.00. The molecule has 0 aromatic heterocycles. The molecule has 1 atom stereocenters.